The minimum Gasteiger partial charge on any atom is -0.477 e. The Morgan fingerprint density at radius 3 is 2.67 bits per heavy atom. The van der Waals surface area contributed by atoms with E-state index in [-0.39, 0.29) is 5.69 Å². The maximum Gasteiger partial charge on any atom is 0.353 e. The molecular formula is C13H11ClN2O2. The lowest BCUT2D eigenvalue weighted by Crippen LogP contribution is -1.95. The average molecular weight is 263 g/mol. The largest absolute Gasteiger partial charge is 0.477 e. The summed E-state index contributed by atoms with van der Waals surface area (Å²) in [7, 11) is 0. The van der Waals surface area contributed by atoms with Crippen LogP contribution in [0.25, 0.3) is 16.8 Å². The van der Waals surface area contributed by atoms with E-state index in [1.54, 1.807) is 12.1 Å². The van der Waals surface area contributed by atoms with Gasteiger partial charge in [0, 0.05) is 10.6 Å². The third-order valence-corrected chi connectivity index (χ3v) is 2.71. The van der Waals surface area contributed by atoms with Crippen LogP contribution >= 0.6 is 11.6 Å². The molecule has 1 aromatic heterocycles. The Morgan fingerprint density at radius 1 is 1.39 bits per heavy atom. The van der Waals surface area contributed by atoms with Gasteiger partial charge in [-0.1, -0.05) is 23.8 Å². The minimum absolute atomic E-state index is 0.0434. The number of aromatic carboxylic acids is 1. The van der Waals surface area contributed by atoms with Gasteiger partial charge in [-0.2, -0.15) is 5.10 Å². The number of nitrogens with zero attached hydrogens (tertiary/aromatic N) is 1. The monoisotopic (exact) mass is 262 g/mol. The number of hydrogen-bond donors (Lipinski definition) is 2. The third kappa shape index (κ3) is 2.43. The zero-order chi connectivity index (χ0) is 13.3. The van der Waals surface area contributed by atoms with Gasteiger partial charge in [-0.05, 0) is 36.8 Å². The molecule has 0 radical (unpaired) electrons. The minimum atomic E-state index is -1.05. The molecule has 1 heterocycles. The van der Waals surface area contributed by atoms with E-state index in [9.17, 15) is 4.79 Å². The van der Waals surface area contributed by atoms with Crippen molar-refractivity contribution in [2.75, 3.05) is 0 Å². The summed E-state index contributed by atoms with van der Waals surface area (Å²) < 4.78 is 0. The molecule has 0 bridgehead atoms. The maximum absolute atomic E-state index is 10.8. The summed E-state index contributed by atoms with van der Waals surface area (Å²) in [6.07, 6.45) is 0. The van der Waals surface area contributed by atoms with Crippen LogP contribution in [0.4, 0.5) is 0 Å². The number of nitrogens with one attached hydrogen (secondary N) is 1. The lowest BCUT2D eigenvalue weighted by atomic mass is 10.0. The molecule has 4 nitrogen and oxygen atoms in total. The number of allylic oxidation sites excluding steroid dienone is 1. The van der Waals surface area contributed by atoms with Crippen molar-refractivity contribution in [2.45, 2.75) is 6.92 Å². The number of halogens is 1. The first-order valence-corrected chi connectivity index (χ1v) is 5.60. The van der Waals surface area contributed by atoms with Gasteiger partial charge in [0.05, 0.1) is 5.69 Å². The summed E-state index contributed by atoms with van der Waals surface area (Å²) in [5.41, 5.74) is 3.12. The fourth-order valence-corrected chi connectivity index (χ4v) is 1.80. The van der Waals surface area contributed by atoms with Gasteiger partial charge in [0.25, 0.3) is 0 Å². The normalized spacial score (nSPS) is 10.3. The van der Waals surface area contributed by atoms with Crippen molar-refractivity contribution >= 4 is 23.1 Å². The van der Waals surface area contributed by atoms with E-state index >= 15 is 0 Å². The molecule has 1 aromatic carbocycles. The molecule has 0 atom stereocenters. The molecular weight excluding hydrogens is 252 g/mol. The van der Waals surface area contributed by atoms with Crippen LogP contribution in [0.2, 0.25) is 5.02 Å². The molecule has 0 fully saturated rings. The number of carbonyl (C=O) groups is 1. The predicted molar refractivity (Wildman–Crippen MR) is 70.7 cm³/mol. The standard InChI is InChI=1S/C13H11ClN2O2/c1-7(2)8-3-9(5-10(14)4-8)11-6-12(13(17)18)16-15-11/h3-6H,1H2,2H3,(H,15,16)(H,17,18). The smallest absolute Gasteiger partial charge is 0.353 e. The van der Waals surface area contributed by atoms with E-state index in [1.807, 2.05) is 13.0 Å². The van der Waals surface area contributed by atoms with E-state index in [2.05, 4.69) is 16.8 Å². The topological polar surface area (TPSA) is 66.0 Å². The number of carboxylic acid groups (broad SMARTS) is 1. The lowest BCUT2D eigenvalue weighted by molar-refractivity contribution is 0.0690. The van der Waals surface area contributed by atoms with E-state index in [4.69, 9.17) is 16.7 Å². The molecule has 92 valence electrons. The molecule has 0 saturated heterocycles. The van der Waals surface area contributed by atoms with Crippen LogP contribution in [-0.4, -0.2) is 21.3 Å². The Morgan fingerprint density at radius 2 is 2.11 bits per heavy atom. The number of carboxylic acids is 1. The summed E-state index contributed by atoms with van der Waals surface area (Å²) in [6, 6.07) is 6.88. The molecule has 18 heavy (non-hydrogen) atoms. The summed E-state index contributed by atoms with van der Waals surface area (Å²) in [6.45, 7) is 5.73. The Labute approximate surface area is 109 Å². The second-order valence-corrected chi connectivity index (χ2v) is 4.42. The Hall–Kier alpha value is -2.07. The van der Waals surface area contributed by atoms with Gasteiger partial charge in [-0.15, -0.1) is 0 Å². The quantitative estimate of drug-likeness (QED) is 0.890. The number of hydrogen-bond acceptors (Lipinski definition) is 2. The highest BCUT2D eigenvalue weighted by Crippen LogP contribution is 2.26. The van der Waals surface area contributed by atoms with Gasteiger partial charge in [0.1, 0.15) is 5.69 Å². The Bertz CT molecular complexity index is 632. The number of H-pyrrole nitrogens is 1. The van der Waals surface area contributed by atoms with Gasteiger partial charge in [-0.25, -0.2) is 4.79 Å². The van der Waals surface area contributed by atoms with Crippen molar-refractivity contribution in [1.82, 2.24) is 10.2 Å². The van der Waals surface area contributed by atoms with Crippen molar-refractivity contribution in [3.8, 4) is 11.3 Å². The first kappa shape index (κ1) is 12.4. The molecule has 2 N–H and O–H groups in total. The molecule has 0 aliphatic carbocycles. The molecule has 0 spiro atoms. The van der Waals surface area contributed by atoms with Crippen LogP contribution < -0.4 is 0 Å². The zero-order valence-electron chi connectivity index (χ0n) is 9.70. The van der Waals surface area contributed by atoms with Crippen molar-refractivity contribution in [1.29, 1.82) is 0 Å². The Balaban J connectivity index is 2.49. The van der Waals surface area contributed by atoms with Gasteiger partial charge >= 0.3 is 5.97 Å². The van der Waals surface area contributed by atoms with Crippen LogP contribution in [0.1, 0.15) is 23.0 Å². The third-order valence-electron chi connectivity index (χ3n) is 2.49. The first-order valence-electron chi connectivity index (χ1n) is 5.23. The van der Waals surface area contributed by atoms with Crippen molar-refractivity contribution < 1.29 is 9.90 Å². The van der Waals surface area contributed by atoms with Crippen LogP contribution in [0.5, 0.6) is 0 Å². The van der Waals surface area contributed by atoms with Crippen molar-refractivity contribution in [3.63, 3.8) is 0 Å². The van der Waals surface area contributed by atoms with E-state index in [1.165, 1.54) is 6.07 Å². The molecule has 0 unspecified atom stereocenters. The number of aromatic amines is 1. The summed E-state index contributed by atoms with van der Waals surface area (Å²) in [5.74, 6) is -1.05. The summed E-state index contributed by atoms with van der Waals surface area (Å²) >= 11 is 6.02. The molecule has 0 aliphatic rings. The number of benzene rings is 1. The maximum atomic E-state index is 10.8. The van der Waals surface area contributed by atoms with Crippen molar-refractivity contribution in [2.24, 2.45) is 0 Å². The highest BCUT2D eigenvalue weighted by molar-refractivity contribution is 6.31. The van der Waals surface area contributed by atoms with Crippen LogP contribution in [0.15, 0.2) is 30.8 Å². The Kier molecular flexibility index (Phi) is 3.21. The van der Waals surface area contributed by atoms with E-state index in [0.29, 0.717) is 10.7 Å². The van der Waals surface area contributed by atoms with Gasteiger partial charge in [0.15, 0.2) is 0 Å². The van der Waals surface area contributed by atoms with Gasteiger partial charge < -0.3 is 5.11 Å². The zero-order valence-corrected chi connectivity index (χ0v) is 10.5. The number of rotatable bonds is 3. The van der Waals surface area contributed by atoms with Crippen LogP contribution in [-0.2, 0) is 0 Å². The van der Waals surface area contributed by atoms with Crippen molar-refractivity contribution in [3.05, 3.63) is 47.1 Å². The van der Waals surface area contributed by atoms with E-state index < -0.39 is 5.97 Å². The fraction of sp³-hybridized carbons (Fsp3) is 0.0769. The fourth-order valence-electron chi connectivity index (χ4n) is 1.56. The second-order valence-electron chi connectivity index (χ2n) is 3.98. The summed E-state index contributed by atoms with van der Waals surface area (Å²) in [4.78, 5) is 10.8. The molecule has 0 aliphatic heterocycles. The predicted octanol–water partition coefficient (Wildman–Crippen LogP) is 3.46. The molecule has 2 rings (SSSR count). The molecule has 0 saturated carbocycles. The van der Waals surface area contributed by atoms with Crippen LogP contribution in [0, 0.1) is 0 Å². The lowest BCUT2D eigenvalue weighted by Gasteiger charge is -2.04. The first-order chi connectivity index (χ1) is 8.47. The highest BCUT2D eigenvalue weighted by Gasteiger charge is 2.10. The second kappa shape index (κ2) is 4.66. The van der Waals surface area contributed by atoms with Gasteiger partial charge in [0.2, 0.25) is 0 Å². The molecule has 5 heteroatoms. The van der Waals surface area contributed by atoms with E-state index in [0.717, 1.165) is 16.7 Å². The van der Waals surface area contributed by atoms with Crippen LogP contribution in [0.3, 0.4) is 0 Å². The highest BCUT2D eigenvalue weighted by atomic mass is 35.5. The van der Waals surface area contributed by atoms with Gasteiger partial charge in [-0.3, -0.25) is 5.10 Å². The molecule has 0 amide bonds. The molecule has 2 aromatic rings. The SMILES string of the molecule is C=C(C)c1cc(Cl)cc(-c2cc(C(=O)O)[nH]n2)c1. The summed E-state index contributed by atoms with van der Waals surface area (Å²) in [5, 5.41) is 15.8. The average Bonchev–Trinajstić information content (AvgIpc) is 2.77. The number of aromatic nitrogens is 2.